The number of carbonyl (C=O) groups is 2. The molecule has 148 valence electrons. The van der Waals surface area contributed by atoms with E-state index in [9.17, 15) is 9.59 Å². The van der Waals surface area contributed by atoms with Crippen molar-refractivity contribution in [2.75, 3.05) is 11.9 Å². The molecule has 1 atom stereocenters. The lowest BCUT2D eigenvalue weighted by molar-refractivity contribution is -0.128. The zero-order valence-corrected chi connectivity index (χ0v) is 17.7. The molecule has 4 rings (SSSR count). The van der Waals surface area contributed by atoms with Crippen molar-refractivity contribution in [3.05, 3.63) is 54.1 Å². The van der Waals surface area contributed by atoms with Crippen molar-refractivity contribution >= 4 is 61.1 Å². The Hall–Kier alpha value is -2.71. The Labute approximate surface area is 177 Å². The lowest BCUT2D eigenvalue weighted by atomic mass is 10.2. The third-order valence-electron chi connectivity index (χ3n) is 4.60. The molecule has 1 aliphatic rings. The normalized spacial score (nSPS) is 18.0. The highest BCUT2D eigenvalue weighted by Crippen LogP contribution is 2.34. The lowest BCUT2D eigenvalue weighted by Crippen LogP contribution is -2.33. The molecule has 1 unspecified atom stereocenters. The predicted octanol–water partition coefficient (Wildman–Crippen LogP) is 4.58. The number of rotatable bonds is 5. The number of aliphatic imine (C=N–C) groups is 1. The summed E-state index contributed by atoms with van der Waals surface area (Å²) in [5, 5.41) is 3.64. The third kappa shape index (κ3) is 4.18. The largest absolute Gasteiger partial charge is 0.326 e. The second-order valence-corrected chi connectivity index (χ2v) is 8.79. The van der Waals surface area contributed by atoms with Crippen LogP contribution in [0, 0.1) is 6.92 Å². The number of nitrogens with one attached hydrogen (secondary N) is 1. The van der Waals surface area contributed by atoms with Gasteiger partial charge in [0.2, 0.25) is 16.9 Å². The Morgan fingerprint density at radius 3 is 2.72 bits per heavy atom. The number of benzene rings is 2. The fraction of sp³-hybridized carbons (Fsp3) is 0.238. The predicted molar refractivity (Wildman–Crippen MR) is 120 cm³/mol. The highest BCUT2D eigenvalue weighted by atomic mass is 32.2. The molecule has 2 heterocycles. The minimum Gasteiger partial charge on any atom is -0.326 e. The van der Waals surface area contributed by atoms with Crippen LogP contribution >= 0.6 is 23.1 Å². The molecule has 1 aromatic heterocycles. The smallest absolute Gasteiger partial charge is 0.242 e. The van der Waals surface area contributed by atoms with Gasteiger partial charge in [0.25, 0.3) is 0 Å². The molecule has 1 fully saturated rings. The van der Waals surface area contributed by atoms with Crippen molar-refractivity contribution in [3.8, 4) is 0 Å². The first-order valence-corrected chi connectivity index (χ1v) is 11.0. The monoisotopic (exact) mass is 424 g/mol. The van der Waals surface area contributed by atoms with Crippen molar-refractivity contribution in [2.45, 2.75) is 25.5 Å². The van der Waals surface area contributed by atoms with Crippen LogP contribution < -0.4 is 5.32 Å². The first-order chi connectivity index (χ1) is 14.0. The number of nitrogens with zero attached hydrogens (tertiary/aromatic N) is 3. The van der Waals surface area contributed by atoms with Gasteiger partial charge in [0, 0.05) is 18.7 Å². The van der Waals surface area contributed by atoms with E-state index in [0.29, 0.717) is 16.8 Å². The number of carbonyl (C=O) groups excluding carboxylic acids is 2. The summed E-state index contributed by atoms with van der Waals surface area (Å²) in [6.07, 6.45) is 0.104. The van der Waals surface area contributed by atoms with Gasteiger partial charge < -0.3 is 5.32 Å². The standard InChI is InChI=1S/C21H20N4O2S2/c1-3-25-19(27)17(12-18(26)22-14-9-5-4-8-13(14)2)29-21(25)24-20-23-15-10-6-7-11-16(15)28-20/h4-11,17H,3,12H2,1-2H3,(H,22,26)/b24-21+. The Morgan fingerprint density at radius 1 is 1.21 bits per heavy atom. The fourth-order valence-electron chi connectivity index (χ4n) is 3.09. The summed E-state index contributed by atoms with van der Waals surface area (Å²) in [6, 6.07) is 15.4. The maximum Gasteiger partial charge on any atom is 0.242 e. The van der Waals surface area contributed by atoms with Gasteiger partial charge >= 0.3 is 0 Å². The van der Waals surface area contributed by atoms with Crippen LogP contribution in [0.1, 0.15) is 18.9 Å². The molecule has 0 saturated carbocycles. The highest BCUT2D eigenvalue weighted by molar-refractivity contribution is 8.15. The van der Waals surface area contributed by atoms with E-state index < -0.39 is 5.25 Å². The quantitative estimate of drug-likeness (QED) is 0.650. The number of amidine groups is 1. The minimum absolute atomic E-state index is 0.0858. The molecule has 29 heavy (non-hydrogen) atoms. The molecule has 2 aromatic carbocycles. The van der Waals surface area contributed by atoms with Crippen LogP contribution in [-0.2, 0) is 9.59 Å². The Kier molecular flexibility index (Phi) is 5.64. The van der Waals surface area contributed by atoms with Crippen molar-refractivity contribution in [1.29, 1.82) is 0 Å². The van der Waals surface area contributed by atoms with E-state index in [1.165, 1.54) is 23.1 Å². The van der Waals surface area contributed by atoms with Crippen LogP contribution in [0.25, 0.3) is 10.2 Å². The van der Waals surface area contributed by atoms with Crippen molar-refractivity contribution < 1.29 is 9.59 Å². The number of anilines is 1. The molecule has 8 heteroatoms. The molecular formula is C21H20N4O2S2. The third-order valence-corrected chi connectivity index (χ3v) is 6.71. The number of hydrogen-bond donors (Lipinski definition) is 1. The summed E-state index contributed by atoms with van der Waals surface area (Å²) < 4.78 is 1.05. The van der Waals surface area contributed by atoms with Crippen LogP contribution in [0.15, 0.2) is 53.5 Å². The minimum atomic E-state index is -0.480. The van der Waals surface area contributed by atoms with E-state index in [0.717, 1.165) is 21.5 Å². The topological polar surface area (TPSA) is 74.7 Å². The fourth-order valence-corrected chi connectivity index (χ4v) is 5.19. The molecular weight excluding hydrogens is 404 g/mol. The average Bonchev–Trinajstić information content (AvgIpc) is 3.24. The summed E-state index contributed by atoms with van der Waals surface area (Å²) in [5.41, 5.74) is 2.64. The highest BCUT2D eigenvalue weighted by Gasteiger charge is 2.38. The van der Waals surface area contributed by atoms with Crippen LogP contribution in [0.3, 0.4) is 0 Å². The summed E-state index contributed by atoms with van der Waals surface area (Å²) in [6.45, 7) is 4.35. The first-order valence-electron chi connectivity index (χ1n) is 9.33. The van der Waals surface area contributed by atoms with Gasteiger partial charge in [-0.2, -0.15) is 4.99 Å². The van der Waals surface area contributed by atoms with Crippen molar-refractivity contribution in [1.82, 2.24) is 9.88 Å². The van der Waals surface area contributed by atoms with Gasteiger partial charge in [-0.05, 0) is 37.6 Å². The molecule has 0 spiro atoms. The van der Waals surface area contributed by atoms with E-state index in [1.807, 2.05) is 62.4 Å². The van der Waals surface area contributed by atoms with Gasteiger partial charge in [-0.3, -0.25) is 14.5 Å². The molecule has 1 saturated heterocycles. The molecule has 1 aliphatic heterocycles. The molecule has 2 amide bonds. The molecule has 3 aromatic rings. The van der Waals surface area contributed by atoms with Crippen LogP contribution in [0.4, 0.5) is 10.8 Å². The van der Waals surface area contributed by atoms with E-state index in [-0.39, 0.29) is 18.2 Å². The van der Waals surface area contributed by atoms with Gasteiger partial charge in [0.05, 0.1) is 10.2 Å². The van der Waals surface area contributed by atoms with Crippen molar-refractivity contribution in [2.24, 2.45) is 4.99 Å². The summed E-state index contributed by atoms with van der Waals surface area (Å²) in [7, 11) is 0. The second-order valence-electron chi connectivity index (χ2n) is 6.61. The Morgan fingerprint density at radius 2 is 1.97 bits per heavy atom. The van der Waals surface area contributed by atoms with Gasteiger partial charge in [-0.15, -0.1) is 0 Å². The molecule has 6 nitrogen and oxygen atoms in total. The SMILES string of the molecule is CCN1C(=O)C(CC(=O)Nc2ccccc2C)S/C1=N/c1nc2ccccc2s1. The maximum atomic E-state index is 12.8. The van der Waals surface area contributed by atoms with Crippen LogP contribution in [-0.4, -0.2) is 38.7 Å². The Balaban J connectivity index is 1.50. The summed E-state index contributed by atoms with van der Waals surface area (Å²) >= 11 is 2.82. The van der Waals surface area contributed by atoms with Crippen LogP contribution in [0.5, 0.6) is 0 Å². The van der Waals surface area contributed by atoms with E-state index in [2.05, 4.69) is 15.3 Å². The summed E-state index contributed by atoms with van der Waals surface area (Å²) in [5.74, 6) is -0.264. The second kappa shape index (κ2) is 8.34. The molecule has 0 aliphatic carbocycles. The molecule has 0 bridgehead atoms. The van der Waals surface area contributed by atoms with E-state index in [1.54, 1.807) is 4.90 Å². The zero-order chi connectivity index (χ0) is 20.4. The van der Waals surface area contributed by atoms with Gasteiger partial charge in [0.1, 0.15) is 5.25 Å². The van der Waals surface area contributed by atoms with Gasteiger partial charge in [-0.1, -0.05) is 53.4 Å². The number of thioether (sulfide) groups is 1. The maximum absolute atomic E-state index is 12.8. The number of para-hydroxylation sites is 2. The number of fused-ring (bicyclic) bond motifs is 1. The molecule has 0 radical (unpaired) electrons. The molecule has 1 N–H and O–H groups in total. The lowest BCUT2D eigenvalue weighted by Gasteiger charge is -2.13. The zero-order valence-electron chi connectivity index (χ0n) is 16.1. The van der Waals surface area contributed by atoms with Gasteiger partial charge in [-0.25, -0.2) is 4.98 Å². The number of aromatic nitrogens is 1. The first kappa shape index (κ1) is 19.6. The summed E-state index contributed by atoms with van der Waals surface area (Å²) in [4.78, 5) is 36.1. The number of hydrogen-bond acceptors (Lipinski definition) is 6. The van der Waals surface area contributed by atoms with E-state index >= 15 is 0 Å². The Bertz CT molecular complexity index is 1080. The number of aryl methyl sites for hydroxylation is 1. The van der Waals surface area contributed by atoms with Gasteiger partial charge in [0.15, 0.2) is 5.17 Å². The van der Waals surface area contributed by atoms with Crippen LogP contribution in [0.2, 0.25) is 0 Å². The van der Waals surface area contributed by atoms with Crippen molar-refractivity contribution in [3.63, 3.8) is 0 Å². The average molecular weight is 425 g/mol. The number of thiazole rings is 1. The number of amides is 2. The van der Waals surface area contributed by atoms with E-state index in [4.69, 9.17) is 0 Å².